The topological polar surface area (TPSA) is 37.3 Å². The van der Waals surface area contributed by atoms with Gasteiger partial charge in [0.15, 0.2) is 0 Å². The maximum atomic E-state index is 9.77. The number of aliphatic hydroxyl groups is 1. The fourth-order valence-corrected chi connectivity index (χ4v) is 1.37. The Balaban J connectivity index is 0. The van der Waals surface area contributed by atoms with Gasteiger partial charge in [0.05, 0.1) is 0 Å². The number of carbonyl (C=O) groups excluding carboxylic acids is 1. The van der Waals surface area contributed by atoms with Gasteiger partial charge in [-0.2, -0.15) is 0 Å². The first-order chi connectivity index (χ1) is 7.83. The first-order valence-corrected chi connectivity index (χ1v) is 6.87. The molecule has 1 N–H and O–H groups in total. The average Bonchev–Trinajstić information content (AvgIpc) is 2.31. The van der Waals surface area contributed by atoms with Crippen LogP contribution in [-0.4, -0.2) is 18.0 Å². The van der Waals surface area contributed by atoms with Crippen LogP contribution in [0.5, 0.6) is 0 Å². The molecule has 0 aliphatic carbocycles. The number of hydrogen-bond donors (Lipinski definition) is 1. The zero-order chi connectivity index (χ0) is 12.5. The highest BCUT2D eigenvalue weighted by Gasteiger charge is 1.84. The highest BCUT2D eigenvalue weighted by molar-refractivity contribution is 5.48. The summed E-state index contributed by atoms with van der Waals surface area (Å²) in [6.07, 6.45) is 12.6. The Morgan fingerprint density at radius 2 is 1.31 bits per heavy atom. The lowest BCUT2D eigenvalue weighted by atomic mass is 10.2. The van der Waals surface area contributed by atoms with Crippen LogP contribution in [0, 0.1) is 0 Å². The second-order valence-corrected chi connectivity index (χ2v) is 4.15. The molecule has 0 aliphatic rings. The lowest BCUT2D eigenvalue weighted by molar-refractivity contribution is -0.107. The summed E-state index contributed by atoms with van der Waals surface area (Å²) in [5.41, 5.74) is 0. The predicted molar refractivity (Wildman–Crippen MR) is 70.7 cm³/mol. The molecule has 0 fully saturated rings. The van der Waals surface area contributed by atoms with Gasteiger partial charge in [0, 0.05) is 13.0 Å². The summed E-state index contributed by atoms with van der Waals surface area (Å²) in [6, 6.07) is 0. The van der Waals surface area contributed by atoms with E-state index in [1.165, 1.54) is 44.9 Å². The van der Waals surface area contributed by atoms with Gasteiger partial charge < -0.3 is 9.90 Å². The molecule has 0 saturated carbocycles. The summed E-state index contributed by atoms with van der Waals surface area (Å²) in [7, 11) is 0. The molecule has 0 aromatic rings. The molecular weight excluding hydrogens is 200 g/mol. The molecule has 0 aliphatic heterocycles. The highest BCUT2D eigenvalue weighted by Crippen LogP contribution is 2.00. The number of aliphatic hydroxyl groups excluding tert-OH is 1. The van der Waals surface area contributed by atoms with Crippen LogP contribution in [0.4, 0.5) is 0 Å². The molecule has 2 nitrogen and oxygen atoms in total. The monoisotopic (exact) mass is 230 g/mol. The van der Waals surface area contributed by atoms with Gasteiger partial charge >= 0.3 is 0 Å². The summed E-state index contributed by atoms with van der Waals surface area (Å²) in [5.74, 6) is 0. The Labute approximate surface area is 101 Å². The third-order valence-corrected chi connectivity index (χ3v) is 2.44. The molecule has 0 amide bonds. The van der Waals surface area contributed by atoms with Gasteiger partial charge in [-0.25, -0.2) is 0 Å². The fraction of sp³-hybridized carbons (Fsp3) is 0.929. The molecule has 0 atom stereocenters. The van der Waals surface area contributed by atoms with Crippen molar-refractivity contribution in [2.45, 2.75) is 78.1 Å². The first-order valence-electron chi connectivity index (χ1n) is 6.87. The van der Waals surface area contributed by atoms with Crippen molar-refractivity contribution in [3.8, 4) is 0 Å². The minimum Gasteiger partial charge on any atom is -0.396 e. The van der Waals surface area contributed by atoms with E-state index in [1.807, 2.05) is 0 Å². The van der Waals surface area contributed by atoms with Crippen LogP contribution >= 0.6 is 0 Å². The number of rotatable bonds is 10. The normalized spacial score (nSPS) is 9.44. The van der Waals surface area contributed by atoms with Crippen molar-refractivity contribution >= 4 is 6.29 Å². The molecule has 0 heterocycles. The van der Waals surface area contributed by atoms with Crippen LogP contribution in [0.2, 0.25) is 0 Å². The molecule has 0 unspecified atom stereocenters. The van der Waals surface area contributed by atoms with Gasteiger partial charge in [-0.15, -0.1) is 0 Å². The van der Waals surface area contributed by atoms with E-state index in [0.29, 0.717) is 6.61 Å². The molecule has 0 bridgehead atoms. The molecule has 0 radical (unpaired) electrons. The van der Waals surface area contributed by atoms with E-state index < -0.39 is 0 Å². The quantitative estimate of drug-likeness (QED) is 0.453. The fourth-order valence-electron chi connectivity index (χ4n) is 1.37. The molecule has 0 aromatic carbocycles. The van der Waals surface area contributed by atoms with E-state index in [0.717, 1.165) is 25.5 Å². The Bertz CT molecular complexity index is 107. The van der Waals surface area contributed by atoms with Gasteiger partial charge in [0.25, 0.3) is 0 Å². The van der Waals surface area contributed by atoms with Crippen molar-refractivity contribution in [1.82, 2.24) is 0 Å². The molecule has 0 rings (SSSR count). The maximum Gasteiger partial charge on any atom is 0.119 e. The summed E-state index contributed by atoms with van der Waals surface area (Å²) in [6.45, 7) is 4.73. The van der Waals surface area contributed by atoms with Gasteiger partial charge in [0.1, 0.15) is 6.29 Å². The first kappa shape index (κ1) is 18.0. The number of unbranched alkanes of at least 4 members (excludes halogenated alkanes) is 8. The van der Waals surface area contributed by atoms with E-state index in [9.17, 15) is 4.79 Å². The largest absolute Gasteiger partial charge is 0.396 e. The van der Waals surface area contributed by atoms with E-state index in [4.69, 9.17) is 5.11 Å². The van der Waals surface area contributed by atoms with Gasteiger partial charge in [-0.1, -0.05) is 58.8 Å². The molecule has 0 saturated heterocycles. The van der Waals surface area contributed by atoms with Gasteiger partial charge in [-0.05, 0) is 12.8 Å². The van der Waals surface area contributed by atoms with Crippen molar-refractivity contribution in [2.24, 2.45) is 0 Å². The Kier molecular flexibility index (Phi) is 22.6. The van der Waals surface area contributed by atoms with Crippen molar-refractivity contribution < 1.29 is 9.90 Å². The van der Waals surface area contributed by atoms with E-state index in [1.54, 1.807) is 0 Å². The van der Waals surface area contributed by atoms with E-state index in [-0.39, 0.29) is 0 Å². The van der Waals surface area contributed by atoms with Crippen LogP contribution in [0.3, 0.4) is 0 Å². The molecule has 2 heteroatoms. The van der Waals surface area contributed by atoms with Crippen LogP contribution < -0.4 is 0 Å². The number of carbonyl (C=O) groups is 1. The maximum absolute atomic E-state index is 9.77. The summed E-state index contributed by atoms with van der Waals surface area (Å²) >= 11 is 0. The van der Waals surface area contributed by atoms with Gasteiger partial charge in [0.2, 0.25) is 0 Å². The summed E-state index contributed by atoms with van der Waals surface area (Å²) < 4.78 is 0. The van der Waals surface area contributed by atoms with Crippen molar-refractivity contribution in [3.63, 3.8) is 0 Å². The second-order valence-electron chi connectivity index (χ2n) is 4.15. The third-order valence-electron chi connectivity index (χ3n) is 2.44. The zero-order valence-corrected chi connectivity index (χ0v) is 11.2. The highest BCUT2D eigenvalue weighted by atomic mass is 16.2. The van der Waals surface area contributed by atoms with Crippen molar-refractivity contribution in [2.75, 3.05) is 6.61 Å². The Morgan fingerprint density at radius 1 is 0.812 bits per heavy atom. The van der Waals surface area contributed by atoms with Crippen LogP contribution in [0.25, 0.3) is 0 Å². The summed E-state index contributed by atoms with van der Waals surface area (Å²) in [5, 5.41) is 8.37. The van der Waals surface area contributed by atoms with E-state index >= 15 is 0 Å². The minimum atomic E-state index is 0.365. The van der Waals surface area contributed by atoms with Crippen molar-refractivity contribution in [3.05, 3.63) is 0 Å². The van der Waals surface area contributed by atoms with E-state index in [2.05, 4.69) is 13.8 Å². The average molecular weight is 230 g/mol. The molecule has 16 heavy (non-hydrogen) atoms. The Morgan fingerprint density at radius 3 is 1.75 bits per heavy atom. The third kappa shape index (κ3) is 23.4. The molecule has 0 aromatic heterocycles. The lowest BCUT2D eigenvalue weighted by Gasteiger charge is -1.93. The SMILES string of the molecule is CCCCCCC=O.CCCCCCCO. The zero-order valence-electron chi connectivity index (χ0n) is 11.2. The second kappa shape index (κ2) is 20.1. The summed E-state index contributed by atoms with van der Waals surface area (Å²) in [4.78, 5) is 9.77. The molecule has 0 spiro atoms. The lowest BCUT2D eigenvalue weighted by Crippen LogP contribution is -1.81. The standard InChI is InChI=1S/C7H16O.C7H14O/c2*1-2-3-4-5-6-7-8/h8H,2-7H2,1H3;7H,2-6H2,1H3. The van der Waals surface area contributed by atoms with Crippen LogP contribution in [-0.2, 0) is 4.79 Å². The smallest absolute Gasteiger partial charge is 0.119 e. The molecular formula is C14H30O2. The van der Waals surface area contributed by atoms with Gasteiger partial charge in [-0.3, -0.25) is 0 Å². The van der Waals surface area contributed by atoms with Crippen molar-refractivity contribution in [1.29, 1.82) is 0 Å². The molecule has 98 valence electrons. The number of hydrogen-bond acceptors (Lipinski definition) is 2. The van der Waals surface area contributed by atoms with Crippen LogP contribution in [0.15, 0.2) is 0 Å². The predicted octanol–water partition coefficient (Wildman–Crippen LogP) is 4.10. The Hall–Kier alpha value is -0.370. The minimum absolute atomic E-state index is 0.365. The van der Waals surface area contributed by atoms with Crippen LogP contribution in [0.1, 0.15) is 78.1 Å². The number of aldehydes is 1.